The van der Waals surface area contributed by atoms with E-state index in [1.165, 1.54) is 0 Å². The molecule has 2 aromatic rings. The van der Waals surface area contributed by atoms with Gasteiger partial charge >= 0.3 is 5.97 Å². The molecule has 0 amide bonds. The fourth-order valence-electron chi connectivity index (χ4n) is 1.72. The summed E-state index contributed by atoms with van der Waals surface area (Å²) in [6.07, 6.45) is 1.72. The van der Waals surface area contributed by atoms with Gasteiger partial charge in [0.15, 0.2) is 0 Å². The second-order valence-corrected chi connectivity index (χ2v) is 4.78. The quantitative estimate of drug-likeness (QED) is 0.843. The molecule has 0 radical (unpaired) electrons. The highest BCUT2D eigenvalue weighted by molar-refractivity contribution is 5.81. The minimum atomic E-state index is -1.17. The van der Waals surface area contributed by atoms with Gasteiger partial charge in [-0.2, -0.15) is 0 Å². The van der Waals surface area contributed by atoms with Crippen molar-refractivity contribution in [1.82, 2.24) is 4.98 Å². The monoisotopic (exact) mass is 274 g/mol. The van der Waals surface area contributed by atoms with Gasteiger partial charge in [-0.25, -0.2) is 4.79 Å². The smallest absolute Gasteiger partial charge is 0.329 e. The summed E-state index contributed by atoms with van der Waals surface area (Å²) in [5.41, 5.74) is 5.55. The number of hydrogen-bond donors (Lipinski definition) is 1. The summed E-state index contributed by atoms with van der Waals surface area (Å²) in [7, 11) is 0. The third-order valence-corrected chi connectivity index (χ3v) is 2.86. The first-order valence-electron chi connectivity index (χ1n) is 6.46. The summed E-state index contributed by atoms with van der Waals surface area (Å²) in [6.45, 7) is 3.67. The molecule has 2 rings (SSSR count). The topological polar surface area (TPSA) is 74.4 Å². The molecular weight excluding hydrogens is 256 g/mol. The zero-order valence-electron chi connectivity index (χ0n) is 11.6. The largest absolute Gasteiger partial charge is 0.491 e. The minimum Gasteiger partial charge on any atom is -0.491 e. The number of rotatable bonds is 5. The van der Waals surface area contributed by atoms with Gasteiger partial charge in [0, 0.05) is 17.6 Å². The van der Waals surface area contributed by atoms with Crippen LogP contribution < -0.4 is 10.5 Å². The number of nitrogens with two attached hydrogens (primary N) is 1. The molecule has 5 heteroatoms. The Balaban J connectivity index is 2.07. The van der Waals surface area contributed by atoms with E-state index in [9.17, 15) is 4.79 Å². The molecule has 0 bridgehead atoms. The van der Waals surface area contributed by atoms with Crippen LogP contribution in [0.25, 0.3) is 10.9 Å². The molecule has 5 nitrogen and oxygen atoms in total. The molecule has 1 atom stereocenters. The lowest BCUT2D eigenvalue weighted by Gasteiger charge is -2.22. The molecule has 0 saturated heterocycles. The van der Waals surface area contributed by atoms with E-state index in [4.69, 9.17) is 15.2 Å². The molecule has 0 aliphatic rings. The number of pyridine rings is 1. The van der Waals surface area contributed by atoms with Crippen LogP contribution in [0, 0.1) is 0 Å². The highest BCUT2D eigenvalue weighted by Gasteiger charge is 2.31. The summed E-state index contributed by atoms with van der Waals surface area (Å²) in [5, 5.41) is 1.03. The number of benzene rings is 1. The van der Waals surface area contributed by atoms with Crippen LogP contribution in [0.15, 0.2) is 36.5 Å². The lowest BCUT2D eigenvalue weighted by atomic mass is 10.1. The van der Waals surface area contributed by atoms with Gasteiger partial charge < -0.3 is 15.2 Å². The van der Waals surface area contributed by atoms with E-state index in [2.05, 4.69) is 4.98 Å². The predicted octanol–water partition coefficient (Wildman–Crippen LogP) is 1.89. The van der Waals surface area contributed by atoms with Crippen LogP contribution in [0.4, 0.5) is 0 Å². The summed E-state index contributed by atoms with van der Waals surface area (Å²) in [4.78, 5) is 15.9. The second kappa shape index (κ2) is 5.88. The van der Waals surface area contributed by atoms with Crippen molar-refractivity contribution in [3.8, 4) is 5.75 Å². The summed E-state index contributed by atoms with van der Waals surface area (Å²) >= 11 is 0. The van der Waals surface area contributed by atoms with E-state index in [0.717, 1.165) is 10.9 Å². The number of hydrogen-bond acceptors (Lipinski definition) is 5. The molecule has 1 heterocycles. The number of ether oxygens (including phenoxy) is 2. The van der Waals surface area contributed by atoms with E-state index in [-0.39, 0.29) is 6.61 Å². The van der Waals surface area contributed by atoms with Crippen LogP contribution in [0.2, 0.25) is 0 Å². The number of carbonyl (C=O) groups is 1. The Kier molecular flexibility index (Phi) is 4.20. The molecule has 0 aliphatic heterocycles. The van der Waals surface area contributed by atoms with Crippen LogP contribution in [-0.2, 0) is 9.53 Å². The average Bonchev–Trinajstić information content (AvgIpc) is 2.45. The summed E-state index contributed by atoms with van der Waals surface area (Å²) in [5.74, 6) is 0.149. The highest BCUT2D eigenvalue weighted by atomic mass is 16.5. The Morgan fingerprint density at radius 2 is 2.20 bits per heavy atom. The Hall–Kier alpha value is -2.14. The minimum absolute atomic E-state index is 0.0458. The zero-order valence-corrected chi connectivity index (χ0v) is 11.6. The molecule has 1 aromatic heterocycles. The molecule has 1 aromatic carbocycles. The first-order chi connectivity index (χ1) is 9.53. The van der Waals surface area contributed by atoms with Crippen molar-refractivity contribution in [3.05, 3.63) is 36.5 Å². The van der Waals surface area contributed by atoms with Gasteiger partial charge in [-0.3, -0.25) is 4.98 Å². The highest BCUT2D eigenvalue weighted by Crippen LogP contribution is 2.19. The fraction of sp³-hybridized carbons (Fsp3) is 0.333. The van der Waals surface area contributed by atoms with Crippen LogP contribution in [-0.4, -0.2) is 29.7 Å². The van der Waals surface area contributed by atoms with E-state index < -0.39 is 11.5 Å². The predicted molar refractivity (Wildman–Crippen MR) is 76.5 cm³/mol. The van der Waals surface area contributed by atoms with Crippen molar-refractivity contribution in [3.63, 3.8) is 0 Å². The molecule has 0 saturated carbocycles. The van der Waals surface area contributed by atoms with Crippen LogP contribution in [0.3, 0.4) is 0 Å². The first kappa shape index (κ1) is 14.3. The molecule has 2 N–H and O–H groups in total. The van der Waals surface area contributed by atoms with E-state index in [1.807, 2.05) is 30.3 Å². The number of carbonyl (C=O) groups excluding carboxylic acids is 1. The van der Waals surface area contributed by atoms with Crippen molar-refractivity contribution >= 4 is 16.9 Å². The Labute approximate surface area is 117 Å². The Bertz CT molecular complexity index is 611. The van der Waals surface area contributed by atoms with Gasteiger partial charge in [0.1, 0.15) is 17.9 Å². The van der Waals surface area contributed by atoms with Gasteiger partial charge in [0.25, 0.3) is 0 Å². The van der Waals surface area contributed by atoms with Gasteiger partial charge in [-0.05, 0) is 32.0 Å². The van der Waals surface area contributed by atoms with Crippen molar-refractivity contribution < 1.29 is 14.3 Å². The lowest BCUT2D eigenvalue weighted by Crippen LogP contribution is -2.51. The third kappa shape index (κ3) is 3.24. The number of nitrogens with zero attached hydrogens (tertiary/aromatic N) is 1. The fourth-order valence-corrected chi connectivity index (χ4v) is 1.72. The van der Waals surface area contributed by atoms with E-state index in [0.29, 0.717) is 12.4 Å². The maximum atomic E-state index is 11.7. The van der Waals surface area contributed by atoms with Crippen LogP contribution in [0.1, 0.15) is 13.8 Å². The van der Waals surface area contributed by atoms with Crippen LogP contribution >= 0.6 is 0 Å². The van der Waals surface area contributed by atoms with E-state index >= 15 is 0 Å². The van der Waals surface area contributed by atoms with Gasteiger partial charge in [-0.1, -0.05) is 6.07 Å². The van der Waals surface area contributed by atoms with Crippen molar-refractivity contribution in [2.24, 2.45) is 5.73 Å². The van der Waals surface area contributed by atoms with Crippen LogP contribution in [0.5, 0.6) is 5.75 Å². The Morgan fingerprint density at radius 1 is 1.40 bits per heavy atom. The van der Waals surface area contributed by atoms with Gasteiger partial charge in [-0.15, -0.1) is 0 Å². The SMILES string of the molecule is CCOC(=O)C(C)(N)COc1ccc2cccnc2c1. The molecule has 20 heavy (non-hydrogen) atoms. The zero-order chi connectivity index (χ0) is 14.6. The molecule has 106 valence electrons. The van der Waals surface area contributed by atoms with Gasteiger partial charge in [0.2, 0.25) is 0 Å². The normalized spacial score (nSPS) is 13.8. The maximum Gasteiger partial charge on any atom is 0.329 e. The second-order valence-electron chi connectivity index (χ2n) is 4.78. The maximum absolute atomic E-state index is 11.7. The molecule has 0 fully saturated rings. The molecule has 0 aliphatic carbocycles. The molecule has 0 spiro atoms. The third-order valence-electron chi connectivity index (χ3n) is 2.86. The first-order valence-corrected chi connectivity index (χ1v) is 6.46. The Morgan fingerprint density at radius 3 is 2.95 bits per heavy atom. The molecular formula is C15H18N2O3. The number of fused-ring (bicyclic) bond motifs is 1. The van der Waals surface area contributed by atoms with Crippen molar-refractivity contribution in [2.75, 3.05) is 13.2 Å². The number of aromatic nitrogens is 1. The van der Waals surface area contributed by atoms with E-state index in [1.54, 1.807) is 20.0 Å². The lowest BCUT2D eigenvalue weighted by molar-refractivity contribution is -0.150. The average molecular weight is 274 g/mol. The summed E-state index contributed by atoms with van der Waals surface area (Å²) in [6, 6.07) is 9.40. The van der Waals surface area contributed by atoms with Crippen molar-refractivity contribution in [1.29, 1.82) is 0 Å². The molecule has 1 unspecified atom stereocenters. The standard InChI is InChI=1S/C15H18N2O3/c1-3-19-14(18)15(2,16)10-20-12-7-6-11-5-4-8-17-13(11)9-12/h4-9H,3,10,16H2,1-2H3. The van der Waals surface area contributed by atoms with Crippen molar-refractivity contribution in [2.45, 2.75) is 19.4 Å². The van der Waals surface area contributed by atoms with Gasteiger partial charge in [0.05, 0.1) is 12.1 Å². The number of esters is 1. The summed E-state index contributed by atoms with van der Waals surface area (Å²) < 4.78 is 10.5.